The summed E-state index contributed by atoms with van der Waals surface area (Å²) in [6.45, 7) is 7.41. The van der Waals surface area contributed by atoms with Crippen molar-refractivity contribution in [1.82, 2.24) is 4.90 Å². The zero-order valence-corrected chi connectivity index (χ0v) is 13.4. The van der Waals surface area contributed by atoms with Gasteiger partial charge in [-0.2, -0.15) is 0 Å². The summed E-state index contributed by atoms with van der Waals surface area (Å²) in [5.74, 6) is -0.169. The zero-order chi connectivity index (χ0) is 15.8. The van der Waals surface area contributed by atoms with E-state index in [0.717, 1.165) is 25.7 Å². The highest BCUT2D eigenvalue weighted by Crippen LogP contribution is 2.40. The number of carbonyl (C=O) groups is 2. The molecule has 2 rings (SSSR count). The first-order valence-corrected chi connectivity index (χ1v) is 7.94. The average molecular weight is 296 g/mol. The van der Waals surface area contributed by atoms with Crippen molar-refractivity contribution in [2.45, 2.75) is 58.4 Å². The zero-order valence-electron chi connectivity index (χ0n) is 13.4. The van der Waals surface area contributed by atoms with E-state index >= 15 is 0 Å². The molecule has 2 fully saturated rings. The molecule has 1 aliphatic heterocycles. The SMILES string of the molecule is CC(C)(C)C1CCC(C(=O)N2CCC(N)(C(=O)O)C2)CC1. The summed E-state index contributed by atoms with van der Waals surface area (Å²) in [6.07, 6.45) is 4.36. The topological polar surface area (TPSA) is 83.6 Å². The van der Waals surface area contributed by atoms with Gasteiger partial charge in [0.05, 0.1) is 0 Å². The molecule has 1 heterocycles. The Morgan fingerprint density at radius 3 is 2.19 bits per heavy atom. The maximum absolute atomic E-state index is 12.5. The van der Waals surface area contributed by atoms with Crippen LogP contribution in [-0.4, -0.2) is 40.5 Å². The van der Waals surface area contributed by atoms with Gasteiger partial charge in [0.15, 0.2) is 0 Å². The Bertz CT molecular complexity index is 422. The molecule has 0 bridgehead atoms. The van der Waals surface area contributed by atoms with Crippen LogP contribution in [0.5, 0.6) is 0 Å². The molecular formula is C16H28N2O3. The van der Waals surface area contributed by atoms with E-state index in [4.69, 9.17) is 10.8 Å². The Hall–Kier alpha value is -1.10. The lowest BCUT2D eigenvalue weighted by Crippen LogP contribution is -2.51. The van der Waals surface area contributed by atoms with Crippen molar-refractivity contribution in [3.8, 4) is 0 Å². The van der Waals surface area contributed by atoms with Crippen molar-refractivity contribution in [2.75, 3.05) is 13.1 Å². The van der Waals surface area contributed by atoms with E-state index in [1.165, 1.54) is 0 Å². The number of carboxylic acids is 1. The Kier molecular flexibility index (Phi) is 4.34. The van der Waals surface area contributed by atoms with E-state index in [9.17, 15) is 9.59 Å². The van der Waals surface area contributed by atoms with Crippen LogP contribution in [0.4, 0.5) is 0 Å². The molecule has 5 nitrogen and oxygen atoms in total. The molecule has 0 aromatic rings. The molecule has 0 aromatic carbocycles. The lowest BCUT2D eigenvalue weighted by atomic mass is 9.69. The molecular weight excluding hydrogens is 268 g/mol. The minimum absolute atomic E-state index is 0.0553. The second kappa shape index (κ2) is 5.59. The summed E-state index contributed by atoms with van der Waals surface area (Å²) in [4.78, 5) is 25.4. The molecule has 1 amide bonds. The van der Waals surface area contributed by atoms with E-state index in [2.05, 4.69) is 20.8 Å². The monoisotopic (exact) mass is 296 g/mol. The molecule has 5 heteroatoms. The third-order valence-electron chi connectivity index (χ3n) is 5.34. The van der Waals surface area contributed by atoms with E-state index in [-0.39, 0.29) is 18.4 Å². The normalized spacial score (nSPS) is 34.0. The molecule has 21 heavy (non-hydrogen) atoms. The quantitative estimate of drug-likeness (QED) is 0.814. The number of nitrogens with two attached hydrogens (primary N) is 1. The maximum Gasteiger partial charge on any atom is 0.325 e. The number of carboxylic acid groups (broad SMARTS) is 1. The lowest BCUT2D eigenvalue weighted by molar-refractivity contribution is -0.143. The molecule has 120 valence electrons. The molecule has 0 spiro atoms. The maximum atomic E-state index is 12.5. The Labute approximate surface area is 126 Å². The van der Waals surface area contributed by atoms with E-state index in [1.807, 2.05) is 0 Å². The van der Waals surface area contributed by atoms with Crippen LogP contribution in [0.15, 0.2) is 0 Å². The van der Waals surface area contributed by atoms with Gasteiger partial charge < -0.3 is 15.7 Å². The van der Waals surface area contributed by atoms with Crippen LogP contribution >= 0.6 is 0 Å². The van der Waals surface area contributed by atoms with Gasteiger partial charge in [-0.1, -0.05) is 20.8 Å². The van der Waals surface area contributed by atoms with Gasteiger partial charge >= 0.3 is 5.97 Å². The van der Waals surface area contributed by atoms with Gasteiger partial charge in [0.25, 0.3) is 0 Å². The molecule has 1 saturated heterocycles. The van der Waals surface area contributed by atoms with E-state index < -0.39 is 11.5 Å². The Balaban J connectivity index is 1.90. The van der Waals surface area contributed by atoms with Crippen molar-refractivity contribution in [2.24, 2.45) is 23.0 Å². The highest BCUT2D eigenvalue weighted by atomic mass is 16.4. The smallest absolute Gasteiger partial charge is 0.325 e. The predicted molar refractivity (Wildman–Crippen MR) is 80.7 cm³/mol. The number of nitrogens with zero attached hydrogens (tertiary/aromatic N) is 1. The van der Waals surface area contributed by atoms with Crippen molar-refractivity contribution < 1.29 is 14.7 Å². The first kappa shape index (κ1) is 16.3. The average Bonchev–Trinajstić information content (AvgIpc) is 2.81. The summed E-state index contributed by atoms with van der Waals surface area (Å²) >= 11 is 0. The van der Waals surface area contributed by atoms with Crippen molar-refractivity contribution in [3.05, 3.63) is 0 Å². The number of hydrogen-bond donors (Lipinski definition) is 2. The number of rotatable bonds is 2. The van der Waals surface area contributed by atoms with Crippen LogP contribution in [0.3, 0.4) is 0 Å². The van der Waals surface area contributed by atoms with Crippen molar-refractivity contribution in [1.29, 1.82) is 0 Å². The molecule has 1 atom stereocenters. The highest BCUT2D eigenvalue weighted by molar-refractivity contribution is 5.84. The van der Waals surface area contributed by atoms with Crippen LogP contribution < -0.4 is 5.73 Å². The van der Waals surface area contributed by atoms with Gasteiger partial charge in [-0.3, -0.25) is 9.59 Å². The highest BCUT2D eigenvalue weighted by Gasteiger charge is 2.44. The fourth-order valence-electron chi connectivity index (χ4n) is 3.66. The molecule has 0 aromatic heterocycles. The molecule has 0 radical (unpaired) electrons. The van der Waals surface area contributed by atoms with Gasteiger partial charge in [-0.05, 0) is 43.4 Å². The van der Waals surface area contributed by atoms with Crippen molar-refractivity contribution >= 4 is 11.9 Å². The first-order valence-electron chi connectivity index (χ1n) is 7.94. The van der Waals surface area contributed by atoms with Crippen LogP contribution in [0, 0.1) is 17.3 Å². The van der Waals surface area contributed by atoms with Gasteiger partial charge in [-0.15, -0.1) is 0 Å². The molecule has 1 aliphatic carbocycles. The number of aliphatic carboxylic acids is 1. The van der Waals surface area contributed by atoms with Gasteiger partial charge in [-0.25, -0.2) is 0 Å². The van der Waals surface area contributed by atoms with Gasteiger partial charge in [0.1, 0.15) is 5.54 Å². The summed E-state index contributed by atoms with van der Waals surface area (Å²) in [6, 6.07) is 0. The number of amides is 1. The van der Waals surface area contributed by atoms with Crippen LogP contribution in [0.25, 0.3) is 0 Å². The van der Waals surface area contributed by atoms with Crippen molar-refractivity contribution in [3.63, 3.8) is 0 Å². The third kappa shape index (κ3) is 3.39. The van der Waals surface area contributed by atoms with Gasteiger partial charge in [0, 0.05) is 19.0 Å². The molecule has 3 N–H and O–H groups in total. The van der Waals surface area contributed by atoms with Crippen LogP contribution in [-0.2, 0) is 9.59 Å². The Morgan fingerprint density at radius 2 is 1.76 bits per heavy atom. The molecule has 1 unspecified atom stereocenters. The predicted octanol–water partition coefficient (Wildman–Crippen LogP) is 1.85. The van der Waals surface area contributed by atoms with E-state index in [0.29, 0.717) is 24.3 Å². The fourth-order valence-corrected chi connectivity index (χ4v) is 3.66. The fraction of sp³-hybridized carbons (Fsp3) is 0.875. The number of carbonyl (C=O) groups excluding carboxylic acids is 1. The van der Waals surface area contributed by atoms with Crippen LogP contribution in [0.2, 0.25) is 0 Å². The number of hydrogen-bond acceptors (Lipinski definition) is 3. The second-order valence-electron chi connectivity index (χ2n) is 7.89. The third-order valence-corrected chi connectivity index (χ3v) is 5.34. The van der Waals surface area contributed by atoms with E-state index in [1.54, 1.807) is 4.90 Å². The molecule has 1 saturated carbocycles. The summed E-state index contributed by atoms with van der Waals surface area (Å²) < 4.78 is 0. The lowest BCUT2D eigenvalue weighted by Gasteiger charge is -2.37. The molecule has 2 aliphatic rings. The minimum Gasteiger partial charge on any atom is -0.480 e. The first-order chi connectivity index (χ1) is 9.63. The Morgan fingerprint density at radius 1 is 1.19 bits per heavy atom. The van der Waals surface area contributed by atoms with Crippen LogP contribution in [0.1, 0.15) is 52.9 Å². The second-order valence-corrected chi connectivity index (χ2v) is 7.89. The minimum atomic E-state index is -1.25. The number of likely N-dealkylation sites (tertiary alicyclic amines) is 1. The summed E-state index contributed by atoms with van der Waals surface area (Å²) in [5.41, 5.74) is 4.90. The standard InChI is InChI=1S/C16H28N2O3/c1-15(2,3)12-6-4-11(5-7-12)13(19)18-9-8-16(17,10-18)14(20)21/h11-12H,4-10,17H2,1-3H3,(H,20,21). The summed E-state index contributed by atoms with van der Waals surface area (Å²) in [7, 11) is 0. The van der Waals surface area contributed by atoms with Gasteiger partial charge in [0.2, 0.25) is 5.91 Å². The summed E-state index contributed by atoms with van der Waals surface area (Å²) in [5, 5.41) is 9.14. The largest absolute Gasteiger partial charge is 0.480 e.